The first-order valence-corrected chi connectivity index (χ1v) is 10.9. The Morgan fingerprint density at radius 2 is 2.00 bits per heavy atom. The summed E-state index contributed by atoms with van der Waals surface area (Å²) in [6.07, 6.45) is 3.72. The molecule has 10 nitrogen and oxygen atoms in total. The highest BCUT2D eigenvalue weighted by Gasteiger charge is 2.37. The van der Waals surface area contributed by atoms with Gasteiger partial charge in [0.25, 0.3) is 0 Å². The molecule has 3 N–H and O–H groups in total. The molecule has 166 valence electrons. The van der Waals surface area contributed by atoms with Gasteiger partial charge in [-0.15, -0.1) is 0 Å². The van der Waals surface area contributed by atoms with Crippen molar-refractivity contribution in [3.63, 3.8) is 0 Å². The highest BCUT2D eigenvalue weighted by atomic mass is 35.5. The number of hydrogen-bond acceptors (Lipinski definition) is 7. The average Bonchev–Trinajstić information content (AvgIpc) is 3.24. The Morgan fingerprint density at radius 3 is 2.88 bits per heavy atom. The van der Waals surface area contributed by atoms with Crippen LogP contribution in [-0.2, 0) is 4.79 Å². The minimum absolute atomic E-state index is 0.234. The van der Waals surface area contributed by atoms with Gasteiger partial charge < -0.3 is 15.5 Å². The van der Waals surface area contributed by atoms with Gasteiger partial charge in [-0.05, 0) is 12.1 Å². The molecule has 2 aliphatic rings. The van der Waals surface area contributed by atoms with Crippen molar-refractivity contribution < 1.29 is 9.59 Å². The Bertz CT molecular complexity index is 1450. The van der Waals surface area contributed by atoms with Gasteiger partial charge in [-0.1, -0.05) is 29.8 Å². The smallest absolute Gasteiger partial charge is 0.324 e. The van der Waals surface area contributed by atoms with Gasteiger partial charge in [-0.25, -0.2) is 9.78 Å². The van der Waals surface area contributed by atoms with Crippen molar-refractivity contribution in [1.29, 1.82) is 0 Å². The number of urea groups is 1. The maximum absolute atomic E-state index is 12.1. The summed E-state index contributed by atoms with van der Waals surface area (Å²) in [5.41, 5.74) is 9.45. The number of imide groups is 1. The van der Waals surface area contributed by atoms with Gasteiger partial charge in [0.05, 0.1) is 17.8 Å². The molecule has 2 fully saturated rings. The van der Waals surface area contributed by atoms with E-state index in [9.17, 15) is 9.59 Å². The highest BCUT2D eigenvalue weighted by molar-refractivity contribution is 6.35. The third-order valence-electron chi connectivity index (χ3n) is 6.22. The van der Waals surface area contributed by atoms with E-state index in [2.05, 4.69) is 15.4 Å². The van der Waals surface area contributed by atoms with Crippen LogP contribution < -0.4 is 16.0 Å². The molecule has 0 saturated carbocycles. The second kappa shape index (κ2) is 7.31. The van der Waals surface area contributed by atoms with E-state index in [1.54, 1.807) is 17.3 Å². The van der Waals surface area contributed by atoms with Crippen molar-refractivity contribution in [3.05, 3.63) is 47.7 Å². The molecule has 1 unspecified atom stereocenters. The number of fused-ring (bicyclic) bond motifs is 3. The van der Waals surface area contributed by atoms with Crippen molar-refractivity contribution in [3.8, 4) is 11.1 Å². The number of carbonyl (C=O) groups is 2. The Kier molecular flexibility index (Phi) is 4.37. The van der Waals surface area contributed by atoms with Crippen molar-refractivity contribution >= 4 is 51.7 Å². The molecule has 4 aromatic rings. The Morgan fingerprint density at radius 1 is 1.15 bits per heavy atom. The number of aromatic nitrogens is 4. The molecule has 0 aliphatic carbocycles. The van der Waals surface area contributed by atoms with Crippen LogP contribution in [0.5, 0.6) is 0 Å². The van der Waals surface area contributed by atoms with E-state index < -0.39 is 0 Å². The number of halogens is 1. The van der Waals surface area contributed by atoms with Crippen LogP contribution in [0, 0.1) is 0 Å². The number of nitrogens with zero attached hydrogens (tertiary/aromatic N) is 6. The van der Waals surface area contributed by atoms with E-state index in [0.717, 1.165) is 22.0 Å². The van der Waals surface area contributed by atoms with E-state index in [0.29, 0.717) is 31.1 Å². The van der Waals surface area contributed by atoms with Gasteiger partial charge in [0.2, 0.25) is 5.91 Å². The number of nitrogens with one attached hydrogen (secondary N) is 1. The van der Waals surface area contributed by atoms with Crippen LogP contribution in [0.25, 0.3) is 27.7 Å². The summed E-state index contributed by atoms with van der Waals surface area (Å²) in [7, 11) is 0. The number of para-hydroxylation sites is 1. The molecule has 2 saturated heterocycles. The van der Waals surface area contributed by atoms with Crippen LogP contribution in [0.3, 0.4) is 0 Å². The minimum Gasteiger partial charge on any atom is -0.382 e. The van der Waals surface area contributed by atoms with E-state index >= 15 is 0 Å². The first-order chi connectivity index (χ1) is 16.0. The molecular weight excluding hydrogens is 444 g/mol. The summed E-state index contributed by atoms with van der Waals surface area (Å²) in [6, 6.07) is 9.31. The number of rotatable bonds is 2. The lowest BCUT2D eigenvalue weighted by molar-refractivity contribution is -0.122. The van der Waals surface area contributed by atoms with Crippen LogP contribution >= 0.6 is 11.6 Å². The SMILES string of the molecule is Nc1c(Cl)c(N2CCN3C(=O)NC(=O)CC3C2)nc2c(-c3cnc4ccccc4c3)cnn12. The lowest BCUT2D eigenvalue weighted by Crippen LogP contribution is -2.63. The molecular formula is C22H19ClN8O2. The zero-order valence-electron chi connectivity index (χ0n) is 17.4. The number of benzene rings is 1. The summed E-state index contributed by atoms with van der Waals surface area (Å²) in [5.74, 6) is 0.505. The van der Waals surface area contributed by atoms with Crippen molar-refractivity contribution in [2.75, 3.05) is 30.3 Å². The van der Waals surface area contributed by atoms with Gasteiger partial charge in [-0.2, -0.15) is 9.61 Å². The number of nitrogens with two attached hydrogens (primary N) is 1. The van der Waals surface area contributed by atoms with Gasteiger partial charge >= 0.3 is 6.03 Å². The molecule has 1 aromatic carbocycles. The van der Waals surface area contributed by atoms with E-state index in [-0.39, 0.29) is 35.2 Å². The molecule has 6 rings (SSSR count). The molecule has 0 radical (unpaired) electrons. The third-order valence-corrected chi connectivity index (χ3v) is 6.58. The van der Waals surface area contributed by atoms with Gasteiger partial charge in [0.15, 0.2) is 11.5 Å². The first kappa shape index (κ1) is 19.7. The third kappa shape index (κ3) is 3.13. The van der Waals surface area contributed by atoms with E-state index in [1.807, 2.05) is 35.2 Å². The Balaban J connectivity index is 1.42. The fourth-order valence-electron chi connectivity index (χ4n) is 4.56. The predicted octanol–water partition coefficient (Wildman–Crippen LogP) is 2.31. The average molecular weight is 463 g/mol. The lowest BCUT2D eigenvalue weighted by atomic mass is 10.1. The van der Waals surface area contributed by atoms with Crippen LogP contribution in [0.4, 0.5) is 16.4 Å². The largest absolute Gasteiger partial charge is 0.382 e. The summed E-state index contributed by atoms with van der Waals surface area (Å²) in [6.45, 7) is 1.40. The normalized spacial score (nSPS) is 18.6. The maximum Gasteiger partial charge on any atom is 0.324 e. The lowest BCUT2D eigenvalue weighted by Gasteiger charge is -2.43. The Hall–Kier alpha value is -3.92. The van der Waals surface area contributed by atoms with Crippen molar-refractivity contribution in [2.24, 2.45) is 0 Å². The van der Waals surface area contributed by atoms with Crippen LogP contribution in [-0.4, -0.2) is 62.1 Å². The van der Waals surface area contributed by atoms with Gasteiger partial charge in [0.1, 0.15) is 10.8 Å². The molecule has 0 bridgehead atoms. The van der Waals surface area contributed by atoms with Crippen molar-refractivity contribution in [2.45, 2.75) is 12.5 Å². The van der Waals surface area contributed by atoms with Gasteiger partial charge in [-0.3, -0.25) is 15.1 Å². The number of carbonyl (C=O) groups excluding carboxylic acids is 2. The van der Waals surface area contributed by atoms with Crippen LogP contribution in [0.1, 0.15) is 6.42 Å². The van der Waals surface area contributed by atoms with Crippen LogP contribution in [0.15, 0.2) is 42.7 Å². The quantitative estimate of drug-likeness (QED) is 0.468. The fraction of sp³-hybridized carbons (Fsp3) is 0.227. The highest BCUT2D eigenvalue weighted by Crippen LogP contribution is 2.35. The van der Waals surface area contributed by atoms with E-state index in [1.165, 1.54) is 4.52 Å². The number of pyridine rings is 1. The molecule has 2 aliphatic heterocycles. The minimum atomic E-state index is -0.355. The summed E-state index contributed by atoms with van der Waals surface area (Å²) >= 11 is 6.61. The second-order valence-electron chi connectivity index (χ2n) is 8.20. The zero-order chi connectivity index (χ0) is 22.7. The van der Waals surface area contributed by atoms with Gasteiger partial charge in [0, 0.05) is 48.8 Å². The predicted molar refractivity (Wildman–Crippen MR) is 124 cm³/mol. The van der Waals surface area contributed by atoms with E-state index in [4.69, 9.17) is 22.3 Å². The molecule has 11 heteroatoms. The maximum atomic E-state index is 12.1. The molecule has 0 spiro atoms. The zero-order valence-corrected chi connectivity index (χ0v) is 18.2. The topological polar surface area (TPSA) is 122 Å². The summed E-state index contributed by atoms with van der Waals surface area (Å²) in [4.78, 5) is 37.0. The molecule has 3 aromatic heterocycles. The number of hydrogen-bond donors (Lipinski definition) is 2. The monoisotopic (exact) mass is 462 g/mol. The summed E-state index contributed by atoms with van der Waals surface area (Å²) in [5, 5.41) is 8.06. The number of piperazine rings is 1. The standard InChI is InChI=1S/C22H19ClN8O2/c23-18-19(24)31-20(15(10-26-31)13-7-12-3-1-2-4-16(12)25-9-13)28-21(18)29-5-6-30-14(11-29)8-17(32)27-22(30)33/h1-4,7,9-10,14H,5-6,8,11,24H2,(H,27,32,33). The second-order valence-corrected chi connectivity index (χ2v) is 8.57. The molecule has 1 atom stereocenters. The summed E-state index contributed by atoms with van der Waals surface area (Å²) < 4.78 is 1.52. The fourth-order valence-corrected chi connectivity index (χ4v) is 4.80. The molecule has 5 heterocycles. The molecule has 3 amide bonds. The first-order valence-electron chi connectivity index (χ1n) is 10.5. The molecule has 33 heavy (non-hydrogen) atoms. The number of anilines is 2. The Labute approximate surface area is 192 Å². The number of amides is 3. The van der Waals surface area contributed by atoms with Crippen molar-refractivity contribution in [1.82, 2.24) is 29.8 Å². The van der Waals surface area contributed by atoms with Crippen LogP contribution in [0.2, 0.25) is 5.02 Å². The number of nitrogen functional groups attached to an aromatic ring is 1.